The lowest BCUT2D eigenvalue weighted by Gasteiger charge is -2.32. The van der Waals surface area contributed by atoms with Crippen molar-refractivity contribution < 1.29 is 9.72 Å². The number of nitrogens with one attached hydrogen (secondary N) is 1. The molecule has 1 N–H and O–H groups in total. The number of carbonyl (C=O) groups excluding carboxylic acids is 1. The van der Waals surface area contributed by atoms with Crippen molar-refractivity contribution in [1.29, 1.82) is 0 Å². The molecule has 2 rings (SSSR count). The summed E-state index contributed by atoms with van der Waals surface area (Å²) < 4.78 is 0. The number of likely N-dealkylation sites (tertiary alicyclic amines) is 1. The summed E-state index contributed by atoms with van der Waals surface area (Å²) in [6.07, 6.45) is 3.04. The normalized spacial score (nSPS) is 15.1. The lowest BCUT2D eigenvalue weighted by molar-refractivity contribution is -0.385. The maximum Gasteiger partial charge on any atom is 0.285 e. The molecule has 0 spiro atoms. The van der Waals surface area contributed by atoms with Gasteiger partial charge in [-0.3, -0.25) is 14.9 Å². The number of nitrogens with zero attached hydrogens (tertiary/aromatic N) is 2. The molecule has 1 heterocycles. The molecule has 7 heteroatoms. The molecule has 0 atom stereocenters. The lowest BCUT2D eigenvalue weighted by atomic mass is 9.93. The van der Waals surface area contributed by atoms with Crippen molar-refractivity contribution in [2.75, 3.05) is 26.7 Å². The van der Waals surface area contributed by atoms with Crippen LogP contribution in [0.5, 0.6) is 0 Å². The van der Waals surface area contributed by atoms with Crippen molar-refractivity contribution in [2.45, 2.75) is 26.2 Å². The molecular weight excluding hydrogens is 318 g/mol. The highest BCUT2D eigenvalue weighted by atomic mass is 35.5. The van der Waals surface area contributed by atoms with Crippen molar-refractivity contribution in [3.63, 3.8) is 0 Å². The number of aryl methyl sites for hydroxylation is 1. The predicted molar refractivity (Wildman–Crippen MR) is 92.3 cm³/mol. The number of hydrogen-bond donors (Lipinski definition) is 1. The van der Waals surface area contributed by atoms with Crippen LogP contribution < -0.4 is 5.32 Å². The van der Waals surface area contributed by atoms with Crippen LogP contribution in [-0.2, 0) is 0 Å². The van der Waals surface area contributed by atoms with Gasteiger partial charge in [-0.05, 0) is 51.8 Å². The van der Waals surface area contributed by atoms with Gasteiger partial charge in [-0.2, -0.15) is 0 Å². The molecule has 1 fully saturated rings. The number of piperidine rings is 1. The summed E-state index contributed by atoms with van der Waals surface area (Å²) in [5.74, 6) is 0.409. The first kappa shape index (κ1) is 19.4. The van der Waals surface area contributed by atoms with E-state index in [0.717, 1.165) is 25.8 Å². The lowest BCUT2D eigenvalue weighted by Crippen LogP contribution is -2.39. The van der Waals surface area contributed by atoms with Crippen LogP contribution >= 0.6 is 12.4 Å². The number of para-hydroxylation sites is 1. The van der Waals surface area contributed by atoms with E-state index in [4.69, 9.17) is 0 Å². The molecule has 1 aromatic carbocycles. The number of amides is 1. The Bertz CT molecular complexity index is 558. The molecule has 1 amide bonds. The molecule has 1 aromatic rings. The minimum Gasteiger partial charge on any atom is -0.338 e. The fraction of sp³-hybridized carbons (Fsp3) is 0.562. The van der Waals surface area contributed by atoms with E-state index in [9.17, 15) is 14.9 Å². The summed E-state index contributed by atoms with van der Waals surface area (Å²) in [7, 11) is 1.94. The standard InChI is InChI=1S/C16H23N3O3.ClH/c1-12-4-3-5-14(15(12)19(21)22)16(20)18-10-7-13(8-11-18)6-9-17-2;/h3-5,13,17H,6-11H2,1-2H3;1H. The molecular formula is C16H24ClN3O3. The quantitative estimate of drug-likeness (QED) is 0.660. The minimum atomic E-state index is -0.456. The Kier molecular flexibility index (Phi) is 7.45. The molecule has 6 nitrogen and oxygen atoms in total. The monoisotopic (exact) mass is 341 g/mol. The molecule has 0 aliphatic carbocycles. The Labute approximate surface area is 142 Å². The first-order chi connectivity index (χ1) is 10.5. The van der Waals surface area contributed by atoms with E-state index in [0.29, 0.717) is 24.6 Å². The van der Waals surface area contributed by atoms with Crippen LogP contribution in [0.4, 0.5) is 5.69 Å². The molecule has 1 aliphatic heterocycles. The smallest absolute Gasteiger partial charge is 0.285 e. The highest BCUT2D eigenvalue weighted by molar-refractivity contribution is 5.98. The van der Waals surface area contributed by atoms with Crippen LogP contribution in [0.15, 0.2) is 18.2 Å². The van der Waals surface area contributed by atoms with Gasteiger partial charge in [0.15, 0.2) is 0 Å². The maximum atomic E-state index is 12.6. The minimum absolute atomic E-state index is 0. The Morgan fingerprint density at radius 1 is 1.39 bits per heavy atom. The summed E-state index contributed by atoms with van der Waals surface area (Å²) in [6.45, 7) is 4.01. The molecule has 0 aromatic heterocycles. The van der Waals surface area contributed by atoms with Gasteiger partial charge in [0.05, 0.1) is 4.92 Å². The SMILES string of the molecule is CNCCC1CCN(C(=O)c2cccc(C)c2[N+](=O)[O-])CC1.Cl. The van der Waals surface area contributed by atoms with E-state index >= 15 is 0 Å². The van der Waals surface area contributed by atoms with Crippen molar-refractivity contribution in [2.24, 2.45) is 5.92 Å². The van der Waals surface area contributed by atoms with Crippen LogP contribution in [0.1, 0.15) is 35.2 Å². The fourth-order valence-electron chi connectivity index (χ4n) is 3.02. The first-order valence-electron chi connectivity index (χ1n) is 7.72. The molecule has 0 saturated carbocycles. The van der Waals surface area contributed by atoms with Crippen LogP contribution in [0.3, 0.4) is 0 Å². The zero-order valence-electron chi connectivity index (χ0n) is 13.6. The van der Waals surface area contributed by atoms with E-state index in [1.807, 2.05) is 7.05 Å². The van der Waals surface area contributed by atoms with Gasteiger partial charge in [0.1, 0.15) is 5.56 Å². The van der Waals surface area contributed by atoms with Crippen LogP contribution in [0, 0.1) is 23.0 Å². The molecule has 128 valence electrons. The summed E-state index contributed by atoms with van der Waals surface area (Å²) in [5, 5.41) is 14.4. The fourth-order valence-corrected chi connectivity index (χ4v) is 3.02. The molecule has 0 unspecified atom stereocenters. The van der Waals surface area contributed by atoms with Crippen LogP contribution in [0.25, 0.3) is 0 Å². The zero-order valence-corrected chi connectivity index (χ0v) is 14.4. The Morgan fingerprint density at radius 3 is 2.61 bits per heavy atom. The largest absolute Gasteiger partial charge is 0.338 e. The van der Waals surface area contributed by atoms with Crippen molar-refractivity contribution in [1.82, 2.24) is 10.2 Å². The van der Waals surface area contributed by atoms with E-state index in [1.54, 1.807) is 30.0 Å². The Hall–Kier alpha value is -1.66. The summed E-state index contributed by atoms with van der Waals surface area (Å²) in [4.78, 5) is 25.1. The van der Waals surface area contributed by atoms with Gasteiger partial charge in [0.25, 0.3) is 11.6 Å². The third kappa shape index (κ3) is 4.65. The number of halogens is 1. The topological polar surface area (TPSA) is 75.5 Å². The second kappa shape index (κ2) is 8.84. The average Bonchev–Trinajstić information content (AvgIpc) is 2.52. The summed E-state index contributed by atoms with van der Waals surface area (Å²) in [6, 6.07) is 4.93. The third-order valence-corrected chi connectivity index (χ3v) is 4.36. The number of hydrogen-bond acceptors (Lipinski definition) is 4. The Morgan fingerprint density at radius 2 is 2.04 bits per heavy atom. The second-order valence-corrected chi connectivity index (χ2v) is 5.86. The average molecular weight is 342 g/mol. The van der Waals surface area contributed by atoms with Gasteiger partial charge >= 0.3 is 0 Å². The molecule has 1 aliphatic rings. The first-order valence-corrected chi connectivity index (χ1v) is 7.72. The molecule has 1 saturated heterocycles. The van der Waals surface area contributed by atoms with Gasteiger partial charge in [0, 0.05) is 18.7 Å². The summed E-state index contributed by atoms with van der Waals surface area (Å²) >= 11 is 0. The van der Waals surface area contributed by atoms with E-state index in [1.165, 1.54) is 0 Å². The predicted octanol–water partition coefficient (Wildman–Crippen LogP) is 2.79. The van der Waals surface area contributed by atoms with Crippen molar-refractivity contribution in [3.8, 4) is 0 Å². The number of nitro benzene ring substituents is 1. The number of nitro groups is 1. The van der Waals surface area contributed by atoms with Gasteiger partial charge < -0.3 is 10.2 Å². The third-order valence-electron chi connectivity index (χ3n) is 4.36. The van der Waals surface area contributed by atoms with Gasteiger partial charge in [-0.15, -0.1) is 12.4 Å². The van der Waals surface area contributed by atoms with Crippen LogP contribution in [-0.4, -0.2) is 42.4 Å². The highest BCUT2D eigenvalue weighted by Crippen LogP contribution is 2.27. The second-order valence-electron chi connectivity index (χ2n) is 5.86. The van der Waals surface area contributed by atoms with Gasteiger partial charge in [0.2, 0.25) is 0 Å². The highest BCUT2D eigenvalue weighted by Gasteiger charge is 2.28. The molecule has 0 radical (unpaired) electrons. The number of rotatable bonds is 5. The molecule has 0 bridgehead atoms. The van der Waals surface area contributed by atoms with E-state index in [2.05, 4.69) is 5.32 Å². The number of carbonyl (C=O) groups is 1. The van der Waals surface area contributed by atoms with Crippen molar-refractivity contribution in [3.05, 3.63) is 39.4 Å². The Balaban J connectivity index is 0.00000264. The van der Waals surface area contributed by atoms with E-state index < -0.39 is 4.92 Å². The zero-order chi connectivity index (χ0) is 16.1. The molecule has 23 heavy (non-hydrogen) atoms. The van der Waals surface area contributed by atoms with Gasteiger partial charge in [-0.25, -0.2) is 0 Å². The van der Waals surface area contributed by atoms with Crippen LogP contribution in [0.2, 0.25) is 0 Å². The van der Waals surface area contributed by atoms with Crippen molar-refractivity contribution >= 4 is 24.0 Å². The summed E-state index contributed by atoms with van der Waals surface area (Å²) in [5.41, 5.74) is 0.670. The maximum absolute atomic E-state index is 12.6. The number of benzene rings is 1. The van der Waals surface area contributed by atoms with Gasteiger partial charge in [-0.1, -0.05) is 12.1 Å². The van der Waals surface area contributed by atoms with E-state index in [-0.39, 0.29) is 29.6 Å².